The molecular weight excluding hydrogens is 304 g/mol. The van der Waals surface area contributed by atoms with Crippen LogP contribution in [0.4, 0.5) is 0 Å². The van der Waals surface area contributed by atoms with Gasteiger partial charge in [-0.1, -0.05) is 5.16 Å². The lowest BCUT2D eigenvalue weighted by molar-refractivity contribution is -0.119. The van der Waals surface area contributed by atoms with Gasteiger partial charge in [-0.25, -0.2) is 0 Å². The predicted molar refractivity (Wildman–Crippen MR) is 69.4 cm³/mol. The summed E-state index contributed by atoms with van der Waals surface area (Å²) in [6.07, 6.45) is 1.26. The molecule has 98 valence electrons. The molecule has 18 heavy (non-hydrogen) atoms. The Kier molecular flexibility index (Phi) is 5.44. The fourth-order valence-electron chi connectivity index (χ4n) is 1.28. The Balaban J connectivity index is 3.09. The first kappa shape index (κ1) is 14.3. The molecule has 0 aromatic heterocycles. The third-order valence-corrected chi connectivity index (χ3v) is 2.49. The highest BCUT2D eigenvalue weighted by Crippen LogP contribution is 2.36. The second-order valence-corrected chi connectivity index (χ2v) is 4.12. The molecule has 0 heterocycles. The van der Waals surface area contributed by atoms with Gasteiger partial charge in [-0.2, -0.15) is 0 Å². The van der Waals surface area contributed by atoms with Crippen LogP contribution in [0.2, 0.25) is 0 Å². The first-order valence-electron chi connectivity index (χ1n) is 5.13. The van der Waals surface area contributed by atoms with Crippen molar-refractivity contribution >= 4 is 28.1 Å². The first-order valence-corrected chi connectivity index (χ1v) is 5.92. The average molecular weight is 317 g/mol. The molecule has 0 unspecified atom stereocenters. The molecule has 1 aromatic rings. The van der Waals surface area contributed by atoms with Gasteiger partial charge in [0.25, 0.3) is 5.91 Å². The zero-order chi connectivity index (χ0) is 13.5. The Morgan fingerprint density at radius 2 is 2.28 bits per heavy atom. The second kappa shape index (κ2) is 6.85. The number of nitrogens with zero attached hydrogens (tertiary/aromatic N) is 1. The molecule has 7 heteroatoms. The number of nitrogens with two attached hydrogens (primary N) is 1. The van der Waals surface area contributed by atoms with E-state index >= 15 is 0 Å². The van der Waals surface area contributed by atoms with Crippen LogP contribution < -0.4 is 15.2 Å². The molecule has 0 saturated heterocycles. The number of hydrogen-bond acceptors (Lipinski definition) is 5. The molecule has 0 aliphatic heterocycles. The van der Waals surface area contributed by atoms with Crippen molar-refractivity contribution in [3.63, 3.8) is 0 Å². The second-order valence-electron chi connectivity index (χ2n) is 3.26. The number of amides is 1. The third kappa shape index (κ3) is 3.92. The molecular formula is C11H13BrN2O4. The van der Waals surface area contributed by atoms with Crippen LogP contribution in [0.25, 0.3) is 0 Å². The molecule has 0 fully saturated rings. The van der Waals surface area contributed by atoms with Crippen LogP contribution >= 0.6 is 15.9 Å². The number of benzene rings is 1. The molecule has 0 saturated carbocycles. The summed E-state index contributed by atoms with van der Waals surface area (Å²) in [7, 11) is 0. The molecule has 1 amide bonds. The SMILES string of the molecule is CCOc1cc(/C=N/O)cc(Br)c1OCC(N)=O. The van der Waals surface area contributed by atoms with Crippen molar-refractivity contribution in [2.24, 2.45) is 10.9 Å². The van der Waals surface area contributed by atoms with Gasteiger partial charge in [0.1, 0.15) is 0 Å². The summed E-state index contributed by atoms with van der Waals surface area (Å²) in [5.74, 6) is 0.235. The largest absolute Gasteiger partial charge is 0.490 e. The smallest absolute Gasteiger partial charge is 0.255 e. The summed E-state index contributed by atoms with van der Waals surface area (Å²) in [6.45, 7) is 2.00. The third-order valence-electron chi connectivity index (χ3n) is 1.90. The number of halogens is 1. The minimum absolute atomic E-state index is 0.244. The van der Waals surface area contributed by atoms with E-state index in [4.69, 9.17) is 20.4 Å². The number of carbonyl (C=O) groups excluding carboxylic acids is 1. The maximum atomic E-state index is 10.7. The van der Waals surface area contributed by atoms with E-state index < -0.39 is 5.91 Å². The Hall–Kier alpha value is -1.76. The summed E-state index contributed by atoms with van der Waals surface area (Å²) >= 11 is 3.29. The van der Waals surface area contributed by atoms with E-state index in [9.17, 15) is 4.79 Å². The van der Waals surface area contributed by atoms with E-state index in [1.807, 2.05) is 6.92 Å². The summed E-state index contributed by atoms with van der Waals surface area (Å²) in [5.41, 5.74) is 5.64. The molecule has 0 atom stereocenters. The monoisotopic (exact) mass is 316 g/mol. The minimum Gasteiger partial charge on any atom is -0.490 e. The van der Waals surface area contributed by atoms with Crippen LogP contribution in [0.1, 0.15) is 12.5 Å². The molecule has 3 N–H and O–H groups in total. The van der Waals surface area contributed by atoms with Crippen LogP contribution in [0, 0.1) is 0 Å². The number of ether oxygens (including phenoxy) is 2. The van der Waals surface area contributed by atoms with Gasteiger partial charge in [0.05, 0.1) is 17.3 Å². The zero-order valence-electron chi connectivity index (χ0n) is 9.72. The van der Waals surface area contributed by atoms with Crippen LogP contribution in [0.5, 0.6) is 11.5 Å². The van der Waals surface area contributed by atoms with Crippen molar-refractivity contribution in [2.75, 3.05) is 13.2 Å². The van der Waals surface area contributed by atoms with Gasteiger partial charge in [-0.3, -0.25) is 4.79 Å². The van der Waals surface area contributed by atoms with Crippen molar-refractivity contribution in [1.82, 2.24) is 0 Å². The maximum absolute atomic E-state index is 10.7. The van der Waals surface area contributed by atoms with E-state index in [2.05, 4.69) is 21.1 Å². The van der Waals surface area contributed by atoms with Crippen LogP contribution in [-0.2, 0) is 4.79 Å². The van der Waals surface area contributed by atoms with E-state index in [-0.39, 0.29) is 6.61 Å². The summed E-state index contributed by atoms with van der Waals surface area (Å²) in [6, 6.07) is 3.29. The summed E-state index contributed by atoms with van der Waals surface area (Å²) < 4.78 is 11.2. The quantitative estimate of drug-likeness (QED) is 0.472. The normalized spacial score (nSPS) is 10.6. The predicted octanol–water partition coefficient (Wildman–Crippen LogP) is 1.52. The number of hydrogen-bond donors (Lipinski definition) is 2. The van der Waals surface area contributed by atoms with Crippen molar-refractivity contribution in [1.29, 1.82) is 0 Å². The van der Waals surface area contributed by atoms with Crippen molar-refractivity contribution < 1.29 is 19.5 Å². The van der Waals surface area contributed by atoms with Crippen molar-refractivity contribution in [3.8, 4) is 11.5 Å². The molecule has 1 rings (SSSR count). The van der Waals surface area contributed by atoms with Gasteiger partial charge in [0, 0.05) is 5.56 Å². The molecule has 0 aliphatic carbocycles. The Morgan fingerprint density at radius 3 is 2.83 bits per heavy atom. The molecule has 0 bridgehead atoms. The highest BCUT2D eigenvalue weighted by Gasteiger charge is 2.12. The Labute approximate surface area is 112 Å². The van der Waals surface area contributed by atoms with Crippen LogP contribution in [0.3, 0.4) is 0 Å². The molecule has 6 nitrogen and oxygen atoms in total. The highest BCUT2D eigenvalue weighted by atomic mass is 79.9. The van der Waals surface area contributed by atoms with Gasteiger partial charge in [-0.15, -0.1) is 0 Å². The van der Waals surface area contributed by atoms with Crippen molar-refractivity contribution in [3.05, 3.63) is 22.2 Å². The van der Waals surface area contributed by atoms with E-state index in [0.29, 0.717) is 28.1 Å². The average Bonchev–Trinajstić information content (AvgIpc) is 2.28. The van der Waals surface area contributed by atoms with Gasteiger partial charge < -0.3 is 20.4 Å². The molecule has 1 aromatic carbocycles. The first-order chi connectivity index (χ1) is 8.58. The minimum atomic E-state index is -0.578. The van der Waals surface area contributed by atoms with E-state index in [1.54, 1.807) is 12.1 Å². The van der Waals surface area contributed by atoms with Gasteiger partial charge >= 0.3 is 0 Å². The lowest BCUT2D eigenvalue weighted by atomic mass is 10.2. The number of rotatable bonds is 6. The van der Waals surface area contributed by atoms with Gasteiger partial charge in [-0.05, 0) is 35.0 Å². The van der Waals surface area contributed by atoms with Crippen LogP contribution in [0.15, 0.2) is 21.8 Å². The summed E-state index contributed by atoms with van der Waals surface area (Å²) in [5, 5.41) is 11.4. The lowest BCUT2D eigenvalue weighted by Gasteiger charge is -2.13. The fraction of sp³-hybridized carbons (Fsp3) is 0.273. The van der Waals surface area contributed by atoms with Crippen LogP contribution in [-0.4, -0.2) is 30.5 Å². The highest BCUT2D eigenvalue weighted by molar-refractivity contribution is 9.10. The van der Waals surface area contributed by atoms with E-state index in [0.717, 1.165) is 0 Å². The fourth-order valence-corrected chi connectivity index (χ4v) is 1.85. The maximum Gasteiger partial charge on any atom is 0.255 e. The molecule has 0 radical (unpaired) electrons. The number of oxime groups is 1. The molecule has 0 aliphatic rings. The zero-order valence-corrected chi connectivity index (χ0v) is 11.3. The van der Waals surface area contributed by atoms with Gasteiger partial charge in [0.2, 0.25) is 0 Å². The number of primary amides is 1. The summed E-state index contributed by atoms with van der Waals surface area (Å²) in [4.78, 5) is 10.7. The van der Waals surface area contributed by atoms with Gasteiger partial charge in [0.15, 0.2) is 18.1 Å². The van der Waals surface area contributed by atoms with Crippen molar-refractivity contribution in [2.45, 2.75) is 6.92 Å². The number of carbonyl (C=O) groups is 1. The standard InChI is InChI=1S/C11H13BrN2O4/c1-2-17-9-4-7(5-14-16)3-8(12)11(9)18-6-10(13)15/h3-5,16H,2,6H2,1H3,(H2,13,15)/b14-5+. The molecule has 0 spiro atoms. The topological polar surface area (TPSA) is 94.1 Å². The lowest BCUT2D eigenvalue weighted by Crippen LogP contribution is -2.20. The Bertz CT molecular complexity index is 463. The van der Waals surface area contributed by atoms with E-state index in [1.165, 1.54) is 6.21 Å². The Morgan fingerprint density at radius 1 is 1.56 bits per heavy atom.